The summed E-state index contributed by atoms with van der Waals surface area (Å²) in [5.74, 6) is 1.69. The highest BCUT2D eigenvalue weighted by Crippen LogP contribution is 2.29. The van der Waals surface area contributed by atoms with Gasteiger partial charge in [0.05, 0.1) is 23.7 Å². The predicted molar refractivity (Wildman–Crippen MR) is 87.4 cm³/mol. The molecular weight excluding hydrogens is 322 g/mol. The van der Waals surface area contributed by atoms with Gasteiger partial charge < -0.3 is 14.8 Å². The van der Waals surface area contributed by atoms with Crippen molar-refractivity contribution in [3.8, 4) is 11.5 Å². The first-order valence-electron chi connectivity index (χ1n) is 6.88. The summed E-state index contributed by atoms with van der Waals surface area (Å²) in [5.41, 5.74) is 0.786. The summed E-state index contributed by atoms with van der Waals surface area (Å²) < 4.78 is 10.7. The van der Waals surface area contributed by atoms with E-state index in [4.69, 9.17) is 21.1 Å². The number of pyridine rings is 1. The van der Waals surface area contributed by atoms with Crippen molar-refractivity contribution in [3.05, 3.63) is 51.2 Å². The molecule has 8 heteroatoms. The molecule has 122 valence electrons. The van der Waals surface area contributed by atoms with Gasteiger partial charge >= 0.3 is 0 Å². The normalized spacial score (nSPS) is 10.2. The molecule has 1 N–H and O–H groups in total. The second kappa shape index (κ2) is 7.64. The number of halogens is 1. The lowest BCUT2D eigenvalue weighted by molar-refractivity contribution is -0.385. The molecule has 0 radical (unpaired) electrons. The van der Waals surface area contributed by atoms with Crippen LogP contribution in [0.4, 0.5) is 11.5 Å². The molecule has 7 nitrogen and oxygen atoms in total. The highest BCUT2D eigenvalue weighted by molar-refractivity contribution is 6.33. The highest BCUT2D eigenvalue weighted by atomic mass is 35.5. The smallest absolute Gasteiger partial charge is 0.289 e. The molecular formula is C15H16ClN3O4. The Morgan fingerprint density at radius 1 is 1.35 bits per heavy atom. The number of nitro groups is 1. The van der Waals surface area contributed by atoms with Crippen molar-refractivity contribution in [2.45, 2.75) is 13.5 Å². The maximum atomic E-state index is 10.7. The summed E-state index contributed by atoms with van der Waals surface area (Å²) in [6.07, 6.45) is 1.16. The third-order valence-electron chi connectivity index (χ3n) is 3.03. The number of nitrogens with zero attached hydrogens (tertiary/aromatic N) is 2. The van der Waals surface area contributed by atoms with Crippen molar-refractivity contribution in [2.24, 2.45) is 0 Å². The molecule has 23 heavy (non-hydrogen) atoms. The number of rotatable bonds is 7. The summed E-state index contributed by atoms with van der Waals surface area (Å²) in [6.45, 7) is 2.86. The van der Waals surface area contributed by atoms with Gasteiger partial charge in [0, 0.05) is 12.6 Å². The fourth-order valence-corrected chi connectivity index (χ4v) is 2.17. The molecule has 0 bridgehead atoms. The monoisotopic (exact) mass is 337 g/mol. The van der Waals surface area contributed by atoms with Gasteiger partial charge in [-0.2, -0.15) is 0 Å². The van der Waals surface area contributed by atoms with Gasteiger partial charge in [-0.25, -0.2) is 4.98 Å². The Labute approximate surface area is 138 Å². The van der Waals surface area contributed by atoms with Gasteiger partial charge in [-0.05, 0) is 24.6 Å². The van der Waals surface area contributed by atoms with E-state index in [9.17, 15) is 10.1 Å². The van der Waals surface area contributed by atoms with E-state index in [0.29, 0.717) is 30.5 Å². The minimum absolute atomic E-state index is 0.149. The third-order valence-corrected chi connectivity index (χ3v) is 3.31. The van der Waals surface area contributed by atoms with Crippen LogP contribution >= 0.6 is 11.6 Å². The van der Waals surface area contributed by atoms with Crippen LogP contribution < -0.4 is 14.8 Å². The Bertz CT molecular complexity index is 709. The molecule has 1 heterocycles. The molecule has 0 aliphatic heterocycles. The number of hydrogen-bond acceptors (Lipinski definition) is 6. The van der Waals surface area contributed by atoms with Gasteiger partial charge in [0.2, 0.25) is 0 Å². The van der Waals surface area contributed by atoms with Gasteiger partial charge in [0.15, 0.2) is 11.5 Å². The SMILES string of the molecule is CCOc1cc(CNc2ncc([N+](=O)[O-])cc2Cl)ccc1OC. The van der Waals surface area contributed by atoms with Crippen molar-refractivity contribution in [1.82, 2.24) is 4.98 Å². The van der Waals surface area contributed by atoms with Crippen molar-refractivity contribution >= 4 is 23.1 Å². The van der Waals surface area contributed by atoms with E-state index in [1.54, 1.807) is 7.11 Å². The number of benzene rings is 1. The van der Waals surface area contributed by atoms with Gasteiger partial charge in [-0.15, -0.1) is 0 Å². The molecule has 0 aliphatic rings. The van der Waals surface area contributed by atoms with Gasteiger partial charge in [-0.1, -0.05) is 17.7 Å². The lowest BCUT2D eigenvalue weighted by Gasteiger charge is -2.12. The molecule has 0 saturated carbocycles. The Kier molecular flexibility index (Phi) is 5.59. The van der Waals surface area contributed by atoms with Crippen LogP contribution in [-0.2, 0) is 6.54 Å². The number of nitrogens with one attached hydrogen (secondary N) is 1. The van der Waals surface area contributed by atoms with E-state index in [1.165, 1.54) is 6.07 Å². The minimum Gasteiger partial charge on any atom is -0.493 e. The summed E-state index contributed by atoms with van der Waals surface area (Å²) in [5, 5.41) is 13.9. The zero-order valence-electron chi connectivity index (χ0n) is 12.7. The molecule has 0 unspecified atom stereocenters. The lowest BCUT2D eigenvalue weighted by atomic mass is 10.2. The fraction of sp³-hybridized carbons (Fsp3) is 0.267. The van der Waals surface area contributed by atoms with Crippen LogP contribution in [0.25, 0.3) is 0 Å². The molecule has 0 amide bonds. The van der Waals surface area contributed by atoms with Crippen LogP contribution in [0.15, 0.2) is 30.5 Å². The van der Waals surface area contributed by atoms with E-state index >= 15 is 0 Å². The van der Waals surface area contributed by atoms with Crippen LogP contribution in [0, 0.1) is 10.1 Å². The average Bonchev–Trinajstić information content (AvgIpc) is 2.54. The highest BCUT2D eigenvalue weighted by Gasteiger charge is 2.11. The first-order valence-corrected chi connectivity index (χ1v) is 7.26. The maximum absolute atomic E-state index is 10.7. The van der Waals surface area contributed by atoms with Crippen LogP contribution in [0.1, 0.15) is 12.5 Å². The molecule has 1 aromatic heterocycles. The Hall–Kier alpha value is -2.54. The standard InChI is InChI=1S/C15H16ClN3O4/c1-3-23-14-6-10(4-5-13(14)22-2)8-17-15-12(16)7-11(9-18-15)19(20)21/h4-7,9H,3,8H2,1-2H3,(H,17,18). The molecule has 0 aliphatic carbocycles. The minimum atomic E-state index is -0.541. The Morgan fingerprint density at radius 3 is 2.74 bits per heavy atom. The summed E-state index contributed by atoms with van der Waals surface area (Å²) >= 11 is 5.99. The topological polar surface area (TPSA) is 86.5 Å². The number of anilines is 1. The van der Waals surface area contributed by atoms with Gasteiger partial charge in [0.25, 0.3) is 5.69 Å². The maximum Gasteiger partial charge on any atom is 0.289 e. The number of ether oxygens (including phenoxy) is 2. The summed E-state index contributed by atoms with van der Waals surface area (Å²) in [7, 11) is 1.58. The lowest BCUT2D eigenvalue weighted by Crippen LogP contribution is -2.04. The van der Waals surface area contributed by atoms with E-state index in [0.717, 1.165) is 11.8 Å². The molecule has 0 atom stereocenters. The van der Waals surface area contributed by atoms with Crippen molar-refractivity contribution in [2.75, 3.05) is 19.0 Å². The van der Waals surface area contributed by atoms with Crippen LogP contribution in [0.2, 0.25) is 5.02 Å². The van der Waals surface area contributed by atoms with Crippen LogP contribution in [0.5, 0.6) is 11.5 Å². The molecule has 0 saturated heterocycles. The van der Waals surface area contributed by atoms with Crippen LogP contribution in [-0.4, -0.2) is 23.6 Å². The average molecular weight is 338 g/mol. The van der Waals surface area contributed by atoms with Crippen LogP contribution in [0.3, 0.4) is 0 Å². The Balaban J connectivity index is 2.11. The Morgan fingerprint density at radius 2 is 2.13 bits per heavy atom. The van der Waals surface area contributed by atoms with Crippen molar-refractivity contribution < 1.29 is 14.4 Å². The molecule has 2 aromatic rings. The van der Waals surface area contributed by atoms with E-state index in [1.807, 2.05) is 25.1 Å². The van der Waals surface area contributed by atoms with E-state index < -0.39 is 4.92 Å². The first kappa shape index (κ1) is 16.8. The van der Waals surface area contributed by atoms with E-state index in [2.05, 4.69) is 10.3 Å². The number of hydrogen-bond donors (Lipinski definition) is 1. The number of aromatic nitrogens is 1. The zero-order chi connectivity index (χ0) is 16.8. The second-order valence-corrected chi connectivity index (χ2v) is 4.96. The summed E-state index contributed by atoms with van der Waals surface area (Å²) in [6, 6.07) is 6.81. The second-order valence-electron chi connectivity index (χ2n) is 4.55. The molecule has 2 rings (SSSR count). The quantitative estimate of drug-likeness (QED) is 0.613. The predicted octanol–water partition coefficient (Wildman–Crippen LogP) is 3.66. The van der Waals surface area contributed by atoms with Crippen molar-refractivity contribution in [1.29, 1.82) is 0 Å². The third kappa shape index (κ3) is 4.23. The summed E-state index contributed by atoms with van der Waals surface area (Å²) in [4.78, 5) is 14.1. The number of methoxy groups -OCH3 is 1. The zero-order valence-corrected chi connectivity index (χ0v) is 13.5. The largest absolute Gasteiger partial charge is 0.493 e. The fourth-order valence-electron chi connectivity index (χ4n) is 1.94. The van der Waals surface area contributed by atoms with Crippen molar-refractivity contribution in [3.63, 3.8) is 0 Å². The van der Waals surface area contributed by atoms with Gasteiger partial charge in [-0.3, -0.25) is 10.1 Å². The van der Waals surface area contributed by atoms with E-state index in [-0.39, 0.29) is 10.7 Å². The molecule has 0 spiro atoms. The molecule has 0 fully saturated rings. The van der Waals surface area contributed by atoms with Gasteiger partial charge in [0.1, 0.15) is 12.0 Å². The molecule has 1 aromatic carbocycles. The first-order chi connectivity index (χ1) is 11.0.